The fraction of sp³-hybridized carbons (Fsp3) is 0.800. The summed E-state index contributed by atoms with van der Waals surface area (Å²) in [6.07, 6.45) is 0.580. The van der Waals surface area contributed by atoms with E-state index in [2.05, 4.69) is 25.8 Å². The number of fused-ring (bicyclic) bond motifs is 2. The minimum atomic E-state index is -3.62. The van der Waals surface area contributed by atoms with Crippen molar-refractivity contribution in [2.24, 2.45) is 5.41 Å². The fourth-order valence-corrected chi connectivity index (χ4v) is 6.62. The Morgan fingerprint density at radius 3 is 2.61 bits per heavy atom. The standard InChI is InChI=1S/C20H34N3O6PS/c1-12-10-23(17(24)22-15(12)21)16-13-14(28-30(25,31)29-19(5,6)7)20(27-16,8-9-26-13)11-18(2,3)4/h10,13-14,16H,8-9,11H2,1-7H3,(H,25,31)(H2,21,22,24)/t13?,14-,16-,20-,30?/m1/s1. The van der Waals surface area contributed by atoms with E-state index >= 15 is 0 Å². The molecule has 0 saturated carbocycles. The van der Waals surface area contributed by atoms with Gasteiger partial charge in [-0.1, -0.05) is 20.8 Å². The molecule has 2 bridgehead atoms. The van der Waals surface area contributed by atoms with Gasteiger partial charge in [0, 0.05) is 18.2 Å². The second-order valence-electron chi connectivity index (χ2n) is 10.6. The smallest absolute Gasteiger partial charge is 0.351 e. The highest BCUT2D eigenvalue weighted by atomic mass is 32.5. The van der Waals surface area contributed by atoms with Crippen LogP contribution in [0.25, 0.3) is 0 Å². The van der Waals surface area contributed by atoms with Gasteiger partial charge in [-0.05, 0) is 51.3 Å². The minimum Gasteiger partial charge on any atom is -0.383 e. The molecule has 9 nitrogen and oxygen atoms in total. The van der Waals surface area contributed by atoms with Crippen LogP contribution < -0.4 is 11.4 Å². The van der Waals surface area contributed by atoms with Gasteiger partial charge in [-0.15, -0.1) is 0 Å². The molecule has 0 aromatic carbocycles. The van der Waals surface area contributed by atoms with E-state index in [-0.39, 0.29) is 11.2 Å². The summed E-state index contributed by atoms with van der Waals surface area (Å²) >= 11 is 5.33. The van der Waals surface area contributed by atoms with Crippen molar-refractivity contribution in [3.8, 4) is 0 Å². The molecule has 3 N–H and O–H groups in total. The van der Waals surface area contributed by atoms with Gasteiger partial charge in [-0.25, -0.2) is 4.79 Å². The van der Waals surface area contributed by atoms with Crippen molar-refractivity contribution in [2.75, 3.05) is 12.3 Å². The van der Waals surface area contributed by atoms with Crippen molar-refractivity contribution in [3.05, 3.63) is 22.2 Å². The molecule has 31 heavy (non-hydrogen) atoms. The molecule has 176 valence electrons. The first-order valence-corrected chi connectivity index (χ1v) is 13.0. The summed E-state index contributed by atoms with van der Waals surface area (Å²) in [6.45, 7) is 10.3. The van der Waals surface area contributed by atoms with Crippen molar-refractivity contribution in [2.45, 2.75) is 90.9 Å². The molecule has 1 aromatic rings. The SMILES string of the molecule is Cc1cn([C@@H]2O[C@@]3(CC(C)(C)C)CCOC2[C@H]3OP(O)(=S)OC(C)(C)C)c(=O)nc1N. The van der Waals surface area contributed by atoms with Crippen molar-refractivity contribution >= 4 is 24.3 Å². The zero-order chi connectivity index (χ0) is 23.4. The van der Waals surface area contributed by atoms with Crippen LogP contribution in [-0.2, 0) is 30.3 Å². The third kappa shape index (κ3) is 5.55. The average molecular weight is 476 g/mol. The topological polar surface area (TPSA) is 118 Å². The van der Waals surface area contributed by atoms with Gasteiger partial charge in [0.2, 0.25) is 0 Å². The molecule has 2 aliphatic heterocycles. The van der Waals surface area contributed by atoms with Crippen LogP contribution >= 0.6 is 6.72 Å². The van der Waals surface area contributed by atoms with Gasteiger partial charge >= 0.3 is 12.4 Å². The second kappa shape index (κ2) is 8.17. The molecular weight excluding hydrogens is 441 g/mol. The molecule has 2 fully saturated rings. The van der Waals surface area contributed by atoms with E-state index in [1.807, 2.05) is 0 Å². The summed E-state index contributed by atoms with van der Waals surface area (Å²) in [5.74, 6) is 0.171. The number of aryl methyl sites for hydroxylation is 1. The Bertz CT molecular complexity index is 940. The first-order chi connectivity index (χ1) is 14.0. The van der Waals surface area contributed by atoms with Crippen LogP contribution in [0.1, 0.15) is 66.2 Å². The predicted octanol–water partition coefficient (Wildman–Crippen LogP) is 3.04. The third-order valence-electron chi connectivity index (χ3n) is 5.20. The molecule has 3 heterocycles. The number of hydrogen-bond acceptors (Lipinski definition) is 8. The first-order valence-electron chi connectivity index (χ1n) is 10.4. The van der Waals surface area contributed by atoms with Crippen LogP contribution in [0.4, 0.5) is 5.82 Å². The summed E-state index contributed by atoms with van der Waals surface area (Å²) in [4.78, 5) is 27.4. The molecule has 0 amide bonds. The van der Waals surface area contributed by atoms with Gasteiger partial charge in [0.1, 0.15) is 23.6 Å². The van der Waals surface area contributed by atoms with Crippen molar-refractivity contribution in [3.63, 3.8) is 0 Å². The largest absolute Gasteiger partial charge is 0.383 e. The van der Waals surface area contributed by atoms with E-state index in [0.717, 1.165) is 0 Å². The van der Waals surface area contributed by atoms with Gasteiger partial charge in [0.25, 0.3) is 0 Å². The zero-order valence-corrected chi connectivity index (χ0v) is 21.0. The lowest BCUT2D eigenvalue weighted by Crippen LogP contribution is -2.52. The number of nitrogens with two attached hydrogens (primary N) is 1. The number of aromatic nitrogens is 2. The molecule has 2 aliphatic rings. The summed E-state index contributed by atoms with van der Waals surface area (Å²) in [5, 5.41) is 0. The maximum atomic E-state index is 12.6. The molecule has 2 unspecified atom stereocenters. The highest BCUT2D eigenvalue weighted by Gasteiger charge is 2.62. The van der Waals surface area contributed by atoms with Crippen LogP contribution in [0.3, 0.4) is 0 Å². The lowest BCUT2D eigenvalue weighted by Gasteiger charge is -2.43. The van der Waals surface area contributed by atoms with E-state index in [1.54, 1.807) is 33.9 Å². The first kappa shape index (κ1) is 24.8. The van der Waals surface area contributed by atoms with Crippen LogP contribution in [0, 0.1) is 12.3 Å². The molecular formula is C20H34N3O6PS. The van der Waals surface area contributed by atoms with Gasteiger partial charge < -0.3 is 24.6 Å². The Hall–Kier alpha value is -0.870. The van der Waals surface area contributed by atoms with Crippen molar-refractivity contribution in [1.29, 1.82) is 0 Å². The van der Waals surface area contributed by atoms with E-state index in [1.165, 1.54) is 4.57 Å². The molecule has 0 aliphatic carbocycles. The minimum absolute atomic E-state index is 0.123. The van der Waals surface area contributed by atoms with Crippen LogP contribution in [0.2, 0.25) is 0 Å². The Morgan fingerprint density at radius 2 is 2.03 bits per heavy atom. The molecule has 0 spiro atoms. The average Bonchev–Trinajstić information content (AvgIpc) is 2.70. The lowest BCUT2D eigenvalue weighted by atomic mass is 9.76. The molecule has 1 aromatic heterocycles. The molecule has 0 radical (unpaired) electrons. The second-order valence-corrected chi connectivity index (χ2v) is 13.3. The lowest BCUT2D eigenvalue weighted by molar-refractivity contribution is -0.134. The van der Waals surface area contributed by atoms with E-state index in [9.17, 15) is 9.69 Å². The fourth-order valence-electron chi connectivity index (χ4n) is 4.33. The van der Waals surface area contributed by atoms with E-state index < -0.39 is 42.0 Å². The van der Waals surface area contributed by atoms with E-state index in [4.69, 9.17) is 36.1 Å². The van der Waals surface area contributed by atoms with Crippen molar-refractivity contribution in [1.82, 2.24) is 9.55 Å². The molecule has 3 rings (SSSR count). The van der Waals surface area contributed by atoms with Crippen LogP contribution in [0.15, 0.2) is 11.0 Å². The maximum absolute atomic E-state index is 12.6. The van der Waals surface area contributed by atoms with E-state index in [0.29, 0.717) is 25.0 Å². The van der Waals surface area contributed by atoms with Crippen molar-refractivity contribution < 1.29 is 23.4 Å². The number of nitrogens with zero attached hydrogens (tertiary/aromatic N) is 2. The zero-order valence-electron chi connectivity index (χ0n) is 19.2. The Labute approximate surface area is 188 Å². The van der Waals surface area contributed by atoms with Crippen LogP contribution in [0.5, 0.6) is 0 Å². The number of anilines is 1. The normalized spacial score (nSPS) is 30.9. The molecule has 11 heteroatoms. The molecule has 5 atom stereocenters. The summed E-state index contributed by atoms with van der Waals surface area (Å²) in [7, 11) is 0. The molecule has 2 saturated heterocycles. The Morgan fingerprint density at radius 1 is 1.39 bits per heavy atom. The van der Waals surface area contributed by atoms with Gasteiger partial charge in [-0.3, -0.25) is 9.09 Å². The van der Waals surface area contributed by atoms with Crippen LogP contribution in [-0.4, -0.2) is 44.5 Å². The number of ether oxygens (including phenoxy) is 2. The quantitative estimate of drug-likeness (QED) is 0.620. The summed E-state index contributed by atoms with van der Waals surface area (Å²) in [5.41, 5.74) is 4.28. The predicted molar refractivity (Wildman–Crippen MR) is 121 cm³/mol. The summed E-state index contributed by atoms with van der Waals surface area (Å²) < 4.78 is 25.7. The maximum Gasteiger partial charge on any atom is 0.351 e. The van der Waals surface area contributed by atoms with Gasteiger partial charge in [0.15, 0.2) is 6.23 Å². The Kier molecular flexibility index (Phi) is 6.52. The third-order valence-corrected chi connectivity index (χ3v) is 6.96. The van der Waals surface area contributed by atoms with Gasteiger partial charge in [-0.2, -0.15) is 4.98 Å². The number of rotatable bonds is 5. The van der Waals surface area contributed by atoms with Gasteiger partial charge in [0.05, 0.1) is 12.2 Å². The number of nitrogen functional groups attached to an aromatic ring is 1. The highest BCUT2D eigenvalue weighted by Crippen LogP contribution is 2.57. The highest BCUT2D eigenvalue weighted by molar-refractivity contribution is 8.07. The Balaban J connectivity index is 2.04. The number of hydrogen-bond donors (Lipinski definition) is 2. The summed E-state index contributed by atoms with van der Waals surface area (Å²) in [6, 6.07) is 0. The monoisotopic (exact) mass is 475 g/mol.